The predicted molar refractivity (Wildman–Crippen MR) is 101 cm³/mol. The van der Waals surface area contributed by atoms with E-state index in [1.807, 2.05) is 50.2 Å². The van der Waals surface area contributed by atoms with Crippen molar-refractivity contribution in [3.05, 3.63) is 59.0 Å². The zero-order valence-corrected chi connectivity index (χ0v) is 15.3. The van der Waals surface area contributed by atoms with Crippen LogP contribution in [0.25, 0.3) is 10.9 Å². The average molecular weight is 363 g/mol. The molecule has 0 aliphatic heterocycles. The van der Waals surface area contributed by atoms with Crippen molar-refractivity contribution >= 4 is 22.7 Å². The summed E-state index contributed by atoms with van der Waals surface area (Å²) in [5.41, 5.74) is 8.98. The smallest absolute Gasteiger partial charge is 0.270 e. The third kappa shape index (κ3) is 3.67. The van der Waals surface area contributed by atoms with E-state index in [2.05, 4.69) is 20.9 Å². The summed E-state index contributed by atoms with van der Waals surface area (Å²) in [5, 5.41) is 5.02. The molecule has 0 unspecified atom stereocenters. The first kappa shape index (κ1) is 17.2. The molecule has 0 bridgehead atoms. The highest BCUT2D eigenvalue weighted by Crippen LogP contribution is 2.40. The molecule has 138 valence electrons. The van der Waals surface area contributed by atoms with E-state index in [1.54, 1.807) is 4.68 Å². The number of hydrogen-bond donors (Lipinski definition) is 2. The van der Waals surface area contributed by atoms with Gasteiger partial charge >= 0.3 is 0 Å². The second-order valence-electron chi connectivity index (χ2n) is 6.97. The van der Waals surface area contributed by atoms with Crippen LogP contribution < -0.4 is 10.9 Å². The van der Waals surface area contributed by atoms with E-state index >= 15 is 0 Å². The molecule has 0 atom stereocenters. The topological polar surface area (TPSA) is 88.9 Å². The molecule has 2 aromatic heterocycles. The summed E-state index contributed by atoms with van der Waals surface area (Å²) in [4.78, 5) is 29.5. The molecular weight excluding hydrogens is 342 g/mol. The third-order valence-electron chi connectivity index (χ3n) is 4.69. The highest BCUT2D eigenvalue weighted by Gasteiger charge is 2.27. The van der Waals surface area contributed by atoms with Crippen molar-refractivity contribution in [1.29, 1.82) is 0 Å². The molecule has 7 heteroatoms. The first-order chi connectivity index (χ1) is 13.0. The minimum Gasteiger partial charge on any atom is -0.271 e. The number of carbonyl (C=O) groups is 2. The molecule has 3 aromatic rings. The average Bonchev–Trinajstić information content (AvgIpc) is 3.45. The summed E-state index contributed by atoms with van der Waals surface area (Å²) in [6.07, 6.45) is 2.21. The van der Waals surface area contributed by atoms with Crippen molar-refractivity contribution in [1.82, 2.24) is 25.6 Å². The molecule has 1 aromatic carbocycles. The van der Waals surface area contributed by atoms with Gasteiger partial charge in [-0.1, -0.05) is 18.2 Å². The fourth-order valence-corrected chi connectivity index (χ4v) is 3.18. The number of benzene rings is 1. The molecule has 2 heterocycles. The van der Waals surface area contributed by atoms with Crippen LogP contribution in [-0.2, 0) is 11.3 Å². The van der Waals surface area contributed by atoms with Crippen molar-refractivity contribution in [3.8, 4) is 0 Å². The van der Waals surface area contributed by atoms with Crippen LogP contribution in [0.4, 0.5) is 0 Å². The van der Waals surface area contributed by atoms with Crippen molar-refractivity contribution in [3.63, 3.8) is 0 Å². The zero-order chi connectivity index (χ0) is 19.0. The number of para-hydroxylation sites is 1. The van der Waals surface area contributed by atoms with Gasteiger partial charge in [0.1, 0.15) is 6.54 Å². The monoisotopic (exact) mass is 363 g/mol. The van der Waals surface area contributed by atoms with Gasteiger partial charge in [-0.3, -0.25) is 30.1 Å². The number of rotatable bonds is 4. The van der Waals surface area contributed by atoms with Crippen LogP contribution in [0.2, 0.25) is 0 Å². The molecule has 0 saturated heterocycles. The Morgan fingerprint density at radius 1 is 1.15 bits per heavy atom. The maximum absolute atomic E-state index is 12.7. The van der Waals surface area contributed by atoms with Crippen LogP contribution >= 0.6 is 0 Å². The third-order valence-corrected chi connectivity index (χ3v) is 4.69. The number of nitrogens with one attached hydrogen (secondary N) is 2. The number of pyridine rings is 1. The Morgan fingerprint density at radius 2 is 1.93 bits per heavy atom. The van der Waals surface area contributed by atoms with E-state index in [0.717, 1.165) is 40.8 Å². The second-order valence-corrected chi connectivity index (χ2v) is 6.97. The quantitative estimate of drug-likeness (QED) is 0.697. The first-order valence-corrected chi connectivity index (χ1v) is 9.01. The zero-order valence-electron chi connectivity index (χ0n) is 15.3. The molecule has 7 nitrogen and oxygen atoms in total. The van der Waals surface area contributed by atoms with Crippen molar-refractivity contribution in [2.75, 3.05) is 0 Å². The van der Waals surface area contributed by atoms with Gasteiger partial charge in [0.05, 0.1) is 16.8 Å². The summed E-state index contributed by atoms with van der Waals surface area (Å²) in [7, 11) is 0. The van der Waals surface area contributed by atoms with Crippen LogP contribution in [0.3, 0.4) is 0 Å². The van der Waals surface area contributed by atoms with E-state index < -0.39 is 0 Å². The number of hydrazine groups is 1. The van der Waals surface area contributed by atoms with Gasteiger partial charge in [0.15, 0.2) is 0 Å². The van der Waals surface area contributed by atoms with Crippen molar-refractivity contribution in [2.45, 2.75) is 39.2 Å². The molecule has 4 rings (SSSR count). The molecular formula is C20H21N5O2. The van der Waals surface area contributed by atoms with E-state index in [4.69, 9.17) is 0 Å². The molecule has 0 spiro atoms. The summed E-state index contributed by atoms with van der Waals surface area (Å²) in [6, 6.07) is 11.3. The van der Waals surface area contributed by atoms with Gasteiger partial charge < -0.3 is 0 Å². The molecule has 1 aliphatic rings. The van der Waals surface area contributed by atoms with Crippen molar-refractivity contribution < 1.29 is 9.59 Å². The lowest BCUT2D eigenvalue weighted by Crippen LogP contribution is -2.43. The second kappa shape index (κ2) is 6.83. The lowest BCUT2D eigenvalue weighted by molar-refractivity contribution is -0.122. The Morgan fingerprint density at radius 3 is 2.63 bits per heavy atom. The standard InChI is InChI=1S/C20H21N5O2/c1-12-9-13(2)25(24-12)11-19(26)22-23-20(27)16-10-18(14-7-8-14)21-17-6-4-3-5-15(16)17/h3-6,9-10,14H,7-8,11H2,1-2H3,(H,22,26)(H,23,27). The number of carbonyl (C=O) groups excluding carboxylic acids is 2. The summed E-state index contributed by atoms with van der Waals surface area (Å²) < 4.78 is 1.60. The summed E-state index contributed by atoms with van der Waals surface area (Å²) in [5.74, 6) is -0.255. The number of nitrogens with zero attached hydrogens (tertiary/aromatic N) is 3. The van der Waals surface area contributed by atoms with Gasteiger partial charge in [0.2, 0.25) is 0 Å². The van der Waals surface area contributed by atoms with Crippen LogP contribution in [0.15, 0.2) is 36.4 Å². The van der Waals surface area contributed by atoms with Gasteiger partial charge in [-0.25, -0.2) is 0 Å². The van der Waals surface area contributed by atoms with Gasteiger partial charge in [-0.15, -0.1) is 0 Å². The minimum atomic E-state index is -0.350. The molecule has 1 fully saturated rings. The van der Waals surface area contributed by atoms with E-state index in [1.165, 1.54) is 0 Å². The van der Waals surface area contributed by atoms with Crippen LogP contribution in [-0.4, -0.2) is 26.6 Å². The van der Waals surface area contributed by atoms with Crippen LogP contribution in [0, 0.1) is 13.8 Å². The van der Waals surface area contributed by atoms with Crippen LogP contribution in [0.5, 0.6) is 0 Å². The Balaban J connectivity index is 1.49. The Bertz CT molecular complexity index is 1040. The highest BCUT2D eigenvalue weighted by molar-refractivity contribution is 6.06. The number of amides is 2. The number of aromatic nitrogens is 3. The summed E-state index contributed by atoms with van der Waals surface area (Å²) in [6.45, 7) is 3.80. The molecule has 0 radical (unpaired) electrons. The Kier molecular flexibility index (Phi) is 4.35. The van der Waals surface area contributed by atoms with Crippen molar-refractivity contribution in [2.24, 2.45) is 0 Å². The minimum absolute atomic E-state index is 0.0460. The number of aryl methyl sites for hydroxylation is 2. The molecule has 1 saturated carbocycles. The number of hydrogen-bond acceptors (Lipinski definition) is 4. The maximum atomic E-state index is 12.7. The summed E-state index contributed by atoms with van der Waals surface area (Å²) >= 11 is 0. The largest absolute Gasteiger partial charge is 0.271 e. The molecule has 27 heavy (non-hydrogen) atoms. The Labute approximate surface area is 156 Å². The van der Waals surface area contributed by atoms with Gasteiger partial charge in [0, 0.05) is 22.7 Å². The highest BCUT2D eigenvalue weighted by atomic mass is 16.2. The first-order valence-electron chi connectivity index (χ1n) is 9.01. The SMILES string of the molecule is Cc1cc(C)n(CC(=O)NNC(=O)c2cc(C3CC3)nc3ccccc23)n1. The van der Waals surface area contributed by atoms with E-state index in [9.17, 15) is 9.59 Å². The molecule has 2 N–H and O–H groups in total. The maximum Gasteiger partial charge on any atom is 0.270 e. The lowest BCUT2D eigenvalue weighted by atomic mass is 10.1. The molecule has 1 aliphatic carbocycles. The van der Waals surface area contributed by atoms with Crippen LogP contribution in [0.1, 0.15) is 46.2 Å². The number of fused-ring (bicyclic) bond motifs is 1. The fourth-order valence-electron chi connectivity index (χ4n) is 3.18. The van der Waals surface area contributed by atoms with Gasteiger partial charge in [-0.05, 0) is 44.9 Å². The Hall–Kier alpha value is -3.22. The van der Waals surface area contributed by atoms with E-state index in [-0.39, 0.29) is 18.4 Å². The van der Waals surface area contributed by atoms with Gasteiger partial charge in [-0.2, -0.15) is 5.10 Å². The normalized spacial score (nSPS) is 13.6. The molecule has 2 amide bonds. The van der Waals surface area contributed by atoms with Gasteiger partial charge in [0.25, 0.3) is 11.8 Å². The van der Waals surface area contributed by atoms with E-state index in [0.29, 0.717) is 11.5 Å². The predicted octanol–water partition coefficient (Wildman–Crippen LogP) is 2.39. The fraction of sp³-hybridized carbons (Fsp3) is 0.300. The lowest BCUT2D eigenvalue weighted by Gasteiger charge is -2.11.